The van der Waals surface area contributed by atoms with Crippen molar-refractivity contribution in [1.82, 2.24) is 9.97 Å². The number of hydrogen-bond donors (Lipinski definition) is 2. The van der Waals surface area contributed by atoms with Crippen molar-refractivity contribution in [3.05, 3.63) is 47.1 Å². The number of nitrogens with zero attached hydrogens (tertiary/aromatic N) is 2. The Morgan fingerprint density at radius 2 is 2.15 bits per heavy atom. The molecule has 100 valence electrons. The van der Waals surface area contributed by atoms with Crippen LogP contribution in [0.3, 0.4) is 0 Å². The standard InChI is InChI=1S/C13H8ClN3O2S/c14-8-1-2-9-10(6-8)20-13(16-9)17-11-5-7(12(18)19)3-4-15-11/h1-6H,(H,18,19)(H,15,16,17). The topological polar surface area (TPSA) is 75.1 Å². The van der Waals surface area contributed by atoms with E-state index in [0.717, 1.165) is 10.2 Å². The van der Waals surface area contributed by atoms with Crippen LogP contribution in [0.15, 0.2) is 36.5 Å². The number of aromatic carboxylic acids is 1. The maximum atomic E-state index is 10.9. The number of aromatic nitrogens is 2. The number of carbonyl (C=O) groups is 1. The summed E-state index contributed by atoms with van der Waals surface area (Å²) in [5.41, 5.74) is 1.00. The van der Waals surface area contributed by atoms with Gasteiger partial charge in [0.1, 0.15) is 5.82 Å². The van der Waals surface area contributed by atoms with Gasteiger partial charge in [0.2, 0.25) is 0 Å². The fraction of sp³-hybridized carbons (Fsp3) is 0. The summed E-state index contributed by atoms with van der Waals surface area (Å²) in [6.07, 6.45) is 1.44. The Morgan fingerprint density at radius 3 is 2.95 bits per heavy atom. The lowest BCUT2D eigenvalue weighted by molar-refractivity contribution is 0.0697. The van der Waals surface area contributed by atoms with Crippen LogP contribution in [0.2, 0.25) is 5.02 Å². The molecular weight excluding hydrogens is 298 g/mol. The van der Waals surface area contributed by atoms with E-state index in [1.807, 2.05) is 12.1 Å². The molecule has 0 saturated carbocycles. The number of halogens is 1. The minimum absolute atomic E-state index is 0.173. The normalized spacial score (nSPS) is 10.7. The van der Waals surface area contributed by atoms with E-state index >= 15 is 0 Å². The zero-order valence-corrected chi connectivity index (χ0v) is 11.6. The van der Waals surface area contributed by atoms with E-state index < -0.39 is 5.97 Å². The lowest BCUT2D eigenvalue weighted by Gasteiger charge is -2.01. The summed E-state index contributed by atoms with van der Waals surface area (Å²) in [6, 6.07) is 8.34. The minimum Gasteiger partial charge on any atom is -0.478 e. The molecule has 5 nitrogen and oxygen atoms in total. The van der Waals surface area contributed by atoms with Gasteiger partial charge in [-0.1, -0.05) is 22.9 Å². The monoisotopic (exact) mass is 305 g/mol. The number of pyridine rings is 1. The molecule has 2 aromatic heterocycles. The third-order valence-corrected chi connectivity index (χ3v) is 3.76. The Kier molecular flexibility index (Phi) is 3.25. The molecule has 0 aliphatic rings. The highest BCUT2D eigenvalue weighted by Gasteiger charge is 2.07. The van der Waals surface area contributed by atoms with Gasteiger partial charge in [-0.05, 0) is 30.3 Å². The molecule has 0 amide bonds. The third kappa shape index (κ3) is 2.56. The smallest absolute Gasteiger partial charge is 0.335 e. The molecule has 2 heterocycles. The first-order chi connectivity index (χ1) is 9.61. The van der Waals surface area contributed by atoms with Crippen LogP contribution in [0.25, 0.3) is 10.2 Å². The molecule has 7 heteroatoms. The Hall–Kier alpha value is -2.18. The quantitative estimate of drug-likeness (QED) is 0.770. The van der Waals surface area contributed by atoms with Crippen LogP contribution < -0.4 is 5.32 Å². The molecule has 0 spiro atoms. The molecule has 3 aromatic rings. The van der Waals surface area contributed by atoms with Crippen molar-refractivity contribution in [1.29, 1.82) is 0 Å². The second-order valence-electron chi connectivity index (χ2n) is 3.99. The maximum Gasteiger partial charge on any atom is 0.335 e. The third-order valence-electron chi connectivity index (χ3n) is 2.59. The molecule has 0 atom stereocenters. The summed E-state index contributed by atoms with van der Waals surface area (Å²) in [4.78, 5) is 19.4. The molecule has 2 N–H and O–H groups in total. The predicted octanol–water partition coefficient (Wildman–Crippen LogP) is 3.79. The van der Waals surface area contributed by atoms with Gasteiger partial charge in [0.05, 0.1) is 15.8 Å². The molecule has 3 rings (SSSR count). The van der Waals surface area contributed by atoms with Gasteiger partial charge in [0.25, 0.3) is 0 Å². The van der Waals surface area contributed by atoms with E-state index in [1.165, 1.54) is 29.7 Å². The van der Waals surface area contributed by atoms with E-state index in [1.54, 1.807) is 6.07 Å². The van der Waals surface area contributed by atoms with Gasteiger partial charge in [0.15, 0.2) is 5.13 Å². The summed E-state index contributed by atoms with van der Waals surface area (Å²) in [6.45, 7) is 0. The highest BCUT2D eigenvalue weighted by molar-refractivity contribution is 7.22. The van der Waals surface area contributed by atoms with E-state index in [0.29, 0.717) is 16.0 Å². The number of nitrogens with one attached hydrogen (secondary N) is 1. The first-order valence-electron chi connectivity index (χ1n) is 5.64. The van der Waals surface area contributed by atoms with Gasteiger partial charge in [-0.2, -0.15) is 0 Å². The van der Waals surface area contributed by atoms with Crippen LogP contribution in [-0.4, -0.2) is 21.0 Å². The molecule has 0 saturated heterocycles. The number of carboxylic acid groups (broad SMARTS) is 1. The zero-order valence-electron chi connectivity index (χ0n) is 10.0. The SMILES string of the molecule is O=C(O)c1ccnc(Nc2nc3ccc(Cl)cc3s2)c1. The van der Waals surface area contributed by atoms with Gasteiger partial charge in [0, 0.05) is 11.2 Å². The van der Waals surface area contributed by atoms with E-state index in [9.17, 15) is 4.79 Å². The van der Waals surface area contributed by atoms with Crippen molar-refractivity contribution in [2.75, 3.05) is 5.32 Å². The molecule has 20 heavy (non-hydrogen) atoms. The Labute approximate surface area is 122 Å². The fourth-order valence-electron chi connectivity index (χ4n) is 1.69. The predicted molar refractivity (Wildman–Crippen MR) is 79.1 cm³/mol. The average Bonchev–Trinajstić information content (AvgIpc) is 2.80. The molecule has 1 aromatic carbocycles. The molecule has 0 bridgehead atoms. The molecule has 0 unspecified atom stereocenters. The van der Waals surface area contributed by atoms with Crippen LogP contribution in [0, 0.1) is 0 Å². The van der Waals surface area contributed by atoms with Crippen LogP contribution in [0.4, 0.5) is 10.9 Å². The number of thiazole rings is 1. The molecule has 0 aliphatic heterocycles. The first kappa shape index (κ1) is 12.8. The highest BCUT2D eigenvalue weighted by Crippen LogP contribution is 2.29. The van der Waals surface area contributed by atoms with Crippen LogP contribution in [-0.2, 0) is 0 Å². The van der Waals surface area contributed by atoms with Crippen molar-refractivity contribution in [3.63, 3.8) is 0 Å². The summed E-state index contributed by atoms with van der Waals surface area (Å²) in [5.74, 6) is -0.554. The van der Waals surface area contributed by atoms with Gasteiger partial charge in [-0.3, -0.25) is 0 Å². The second-order valence-corrected chi connectivity index (χ2v) is 5.46. The Morgan fingerprint density at radius 1 is 1.30 bits per heavy atom. The van der Waals surface area contributed by atoms with Crippen LogP contribution in [0.5, 0.6) is 0 Å². The summed E-state index contributed by atoms with van der Waals surface area (Å²) in [5, 5.41) is 13.2. The van der Waals surface area contributed by atoms with Crippen LogP contribution in [0.1, 0.15) is 10.4 Å². The minimum atomic E-state index is -0.994. The lowest BCUT2D eigenvalue weighted by atomic mass is 10.3. The fourth-order valence-corrected chi connectivity index (χ4v) is 2.84. The molecule has 0 aliphatic carbocycles. The maximum absolute atomic E-state index is 10.9. The first-order valence-corrected chi connectivity index (χ1v) is 6.84. The van der Waals surface area contributed by atoms with Gasteiger partial charge < -0.3 is 10.4 Å². The molecule has 0 radical (unpaired) electrons. The zero-order chi connectivity index (χ0) is 14.1. The van der Waals surface area contributed by atoms with Crippen molar-refractivity contribution in [2.45, 2.75) is 0 Å². The number of benzene rings is 1. The van der Waals surface area contributed by atoms with Gasteiger partial charge >= 0.3 is 5.97 Å². The highest BCUT2D eigenvalue weighted by atomic mass is 35.5. The van der Waals surface area contributed by atoms with Crippen molar-refractivity contribution < 1.29 is 9.90 Å². The number of fused-ring (bicyclic) bond motifs is 1. The number of rotatable bonds is 3. The van der Waals surface area contributed by atoms with Crippen molar-refractivity contribution >= 4 is 50.1 Å². The van der Waals surface area contributed by atoms with Gasteiger partial charge in [-0.15, -0.1) is 0 Å². The summed E-state index contributed by atoms with van der Waals surface area (Å²) >= 11 is 7.35. The lowest BCUT2D eigenvalue weighted by Crippen LogP contribution is -1.99. The Bertz CT molecular complexity index is 803. The van der Waals surface area contributed by atoms with Crippen molar-refractivity contribution in [3.8, 4) is 0 Å². The van der Waals surface area contributed by atoms with Gasteiger partial charge in [-0.25, -0.2) is 14.8 Å². The molecule has 0 fully saturated rings. The second kappa shape index (κ2) is 5.07. The van der Waals surface area contributed by atoms with E-state index in [4.69, 9.17) is 16.7 Å². The largest absolute Gasteiger partial charge is 0.478 e. The summed E-state index contributed by atoms with van der Waals surface area (Å²) in [7, 11) is 0. The number of anilines is 2. The number of hydrogen-bond acceptors (Lipinski definition) is 5. The van der Waals surface area contributed by atoms with E-state index in [2.05, 4.69) is 15.3 Å². The Balaban J connectivity index is 1.92. The van der Waals surface area contributed by atoms with Crippen LogP contribution >= 0.6 is 22.9 Å². The number of carboxylic acids is 1. The van der Waals surface area contributed by atoms with E-state index in [-0.39, 0.29) is 5.56 Å². The average molecular weight is 306 g/mol. The van der Waals surface area contributed by atoms with Crippen molar-refractivity contribution in [2.24, 2.45) is 0 Å². The summed E-state index contributed by atoms with van der Waals surface area (Å²) < 4.78 is 0.953. The molecular formula is C13H8ClN3O2S.